The van der Waals surface area contributed by atoms with Gasteiger partial charge in [-0.1, -0.05) is 25.0 Å². The van der Waals surface area contributed by atoms with Gasteiger partial charge in [0.1, 0.15) is 17.2 Å². The highest BCUT2D eigenvalue weighted by molar-refractivity contribution is 5.98. The van der Waals surface area contributed by atoms with Crippen LogP contribution in [-0.2, 0) is 16.6 Å². The molecule has 2 saturated heterocycles. The molecule has 2 aliphatic heterocycles. The molecule has 4 aromatic heterocycles. The molecular weight excluding hydrogens is 699 g/mol. The third-order valence-electron chi connectivity index (χ3n) is 11.7. The molecule has 1 aromatic carbocycles. The molecule has 4 aliphatic rings. The second kappa shape index (κ2) is 15.3. The highest BCUT2D eigenvalue weighted by Crippen LogP contribution is 2.42. The minimum atomic E-state index is -0.138. The van der Waals surface area contributed by atoms with Gasteiger partial charge in [0.2, 0.25) is 17.8 Å². The maximum absolute atomic E-state index is 13.0. The standard InChI is InChI=1S/C35H42N10O2.C5H7NO2/c1-41(2)33(46)29-19-23-20-37-34(40-32(23)45(29)24-7-4-5-8-24)39-30-12-11-25(21-36-30)43-13-15-44(16-14-43)26-17-22(18-26)27-9-6-10-28-31(27)42(3)35(47)38-28;7-4-2-1-3-5(8)6-4/h6,9-12,19-22,24,26H,4-5,7-8,13-18H2,1-3H3,(H,38,47)(H,36,37,39,40);1-3H2,(H,6,7,8). The molecule has 5 aromatic rings. The number of hydrogen-bond donors (Lipinski definition) is 3. The molecule has 0 radical (unpaired) electrons. The molecule has 0 bridgehead atoms. The predicted octanol–water partition coefficient (Wildman–Crippen LogP) is 4.45. The van der Waals surface area contributed by atoms with Crippen LogP contribution in [0.5, 0.6) is 0 Å². The average molecular weight is 748 g/mol. The summed E-state index contributed by atoms with van der Waals surface area (Å²) in [5.41, 5.74) is 5.79. The summed E-state index contributed by atoms with van der Waals surface area (Å²) >= 11 is 0. The fourth-order valence-corrected chi connectivity index (χ4v) is 8.60. The van der Waals surface area contributed by atoms with Crippen molar-refractivity contribution in [1.82, 2.24) is 44.2 Å². The zero-order valence-corrected chi connectivity index (χ0v) is 31.8. The number of imide groups is 1. The molecule has 0 atom stereocenters. The number of nitrogens with zero attached hydrogens (tertiary/aromatic N) is 8. The number of piperidine rings is 1. The first-order chi connectivity index (χ1) is 26.6. The van der Waals surface area contributed by atoms with Gasteiger partial charge in [0, 0.05) is 83.8 Å². The number of piperazine rings is 1. The van der Waals surface area contributed by atoms with Crippen LogP contribution < -0.4 is 21.2 Å². The van der Waals surface area contributed by atoms with E-state index in [0.717, 1.165) is 79.6 Å². The van der Waals surface area contributed by atoms with E-state index in [1.807, 2.05) is 31.4 Å². The number of fused-ring (bicyclic) bond motifs is 2. The first-order valence-corrected chi connectivity index (χ1v) is 19.4. The van der Waals surface area contributed by atoms with Crippen LogP contribution in [0.1, 0.15) is 85.8 Å². The normalized spacial score (nSPS) is 20.6. The number of aromatic nitrogens is 6. The van der Waals surface area contributed by atoms with E-state index in [-0.39, 0.29) is 29.5 Å². The lowest BCUT2D eigenvalue weighted by Crippen LogP contribution is -2.53. The van der Waals surface area contributed by atoms with Gasteiger partial charge in [-0.05, 0) is 67.9 Å². The largest absolute Gasteiger partial charge is 0.368 e. The number of H-pyrrole nitrogens is 1. The first-order valence-electron chi connectivity index (χ1n) is 19.4. The molecule has 0 spiro atoms. The van der Waals surface area contributed by atoms with E-state index in [1.165, 1.54) is 18.4 Å². The molecule has 3 amide bonds. The zero-order chi connectivity index (χ0) is 38.2. The molecule has 9 rings (SSSR count). The lowest BCUT2D eigenvalue weighted by molar-refractivity contribution is -0.132. The number of carbonyl (C=O) groups excluding carboxylic acids is 3. The van der Waals surface area contributed by atoms with Crippen molar-refractivity contribution in [3.8, 4) is 0 Å². The van der Waals surface area contributed by atoms with Crippen molar-refractivity contribution in [2.45, 2.75) is 75.8 Å². The number of imidazole rings is 1. The number of rotatable bonds is 7. The van der Waals surface area contributed by atoms with Crippen molar-refractivity contribution < 1.29 is 14.4 Å². The van der Waals surface area contributed by atoms with Gasteiger partial charge in [0.25, 0.3) is 5.91 Å². The van der Waals surface area contributed by atoms with Crippen LogP contribution in [-0.4, -0.2) is 103 Å². The predicted molar refractivity (Wildman–Crippen MR) is 211 cm³/mol. The number of aryl methyl sites for hydroxylation is 1. The van der Waals surface area contributed by atoms with E-state index in [1.54, 1.807) is 29.8 Å². The van der Waals surface area contributed by atoms with Gasteiger partial charge in [0.05, 0.1) is 22.9 Å². The molecule has 0 unspecified atom stereocenters. The average Bonchev–Trinajstić information content (AvgIpc) is 3.89. The summed E-state index contributed by atoms with van der Waals surface area (Å²) in [5.74, 6) is 1.36. The molecule has 4 fully saturated rings. The van der Waals surface area contributed by atoms with E-state index in [2.05, 4.69) is 53.2 Å². The summed E-state index contributed by atoms with van der Waals surface area (Å²) < 4.78 is 3.88. The molecule has 6 heterocycles. The van der Waals surface area contributed by atoms with Crippen LogP contribution in [0, 0.1) is 0 Å². The first kappa shape index (κ1) is 36.4. The van der Waals surface area contributed by atoms with Crippen molar-refractivity contribution in [2.75, 3.05) is 50.5 Å². The fourth-order valence-electron chi connectivity index (χ4n) is 8.60. The quantitative estimate of drug-likeness (QED) is 0.203. The smallest absolute Gasteiger partial charge is 0.326 e. The van der Waals surface area contributed by atoms with Crippen molar-refractivity contribution >= 4 is 57.2 Å². The van der Waals surface area contributed by atoms with Gasteiger partial charge in [-0.2, -0.15) is 4.98 Å². The Labute approximate surface area is 319 Å². The van der Waals surface area contributed by atoms with Crippen molar-refractivity contribution in [2.24, 2.45) is 7.05 Å². The number of pyridine rings is 1. The minimum absolute atomic E-state index is 0.0148. The van der Waals surface area contributed by atoms with Crippen LogP contribution in [0.2, 0.25) is 0 Å². The zero-order valence-electron chi connectivity index (χ0n) is 31.8. The second-order valence-corrected chi connectivity index (χ2v) is 15.4. The van der Waals surface area contributed by atoms with Crippen LogP contribution in [0.15, 0.2) is 53.6 Å². The topological polar surface area (TPSA) is 166 Å². The minimum Gasteiger partial charge on any atom is -0.368 e. The lowest BCUT2D eigenvalue weighted by Gasteiger charge is -2.47. The molecule has 288 valence electrons. The van der Waals surface area contributed by atoms with E-state index in [0.29, 0.717) is 48.7 Å². The van der Waals surface area contributed by atoms with Crippen LogP contribution in [0.4, 0.5) is 17.5 Å². The number of hydrogen-bond acceptors (Lipinski definition) is 10. The van der Waals surface area contributed by atoms with Crippen molar-refractivity contribution in [1.29, 1.82) is 0 Å². The Bertz CT molecular complexity index is 2260. The highest BCUT2D eigenvalue weighted by atomic mass is 16.2. The summed E-state index contributed by atoms with van der Waals surface area (Å²) in [6.45, 7) is 3.97. The molecule has 15 heteroatoms. The van der Waals surface area contributed by atoms with Gasteiger partial charge in [0.15, 0.2) is 0 Å². The van der Waals surface area contributed by atoms with Gasteiger partial charge >= 0.3 is 5.69 Å². The third kappa shape index (κ3) is 7.44. The van der Waals surface area contributed by atoms with Gasteiger partial charge in [-0.15, -0.1) is 0 Å². The van der Waals surface area contributed by atoms with Crippen LogP contribution in [0.25, 0.3) is 22.1 Å². The molecular formula is C40H49N11O4. The van der Waals surface area contributed by atoms with Gasteiger partial charge in [-0.25, -0.2) is 14.8 Å². The SMILES string of the molecule is CN(C)C(=O)c1cc2cnc(Nc3ccc(N4CCN(C5CC(c6cccc7[nH]c(=O)n(C)c67)C5)CC4)cn3)nc2n1C1CCCC1.O=C1CCCC(=O)N1. The number of nitrogens with one attached hydrogen (secondary N) is 3. The Balaban J connectivity index is 0.000000477. The van der Waals surface area contributed by atoms with Gasteiger partial charge in [-0.3, -0.25) is 29.2 Å². The molecule has 3 N–H and O–H groups in total. The summed E-state index contributed by atoms with van der Waals surface area (Å²) in [4.78, 5) is 69.6. The van der Waals surface area contributed by atoms with Crippen molar-refractivity contribution in [3.05, 3.63) is 70.5 Å². The highest BCUT2D eigenvalue weighted by Gasteiger charge is 2.37. The maximum Gasteiger partial charge on any atom is 0.326 e. The van der Waals surface area contributed by atoms with Crippen molar-refractivity contribution in [3.63, 3.8) is 0 Å². The Kier molecular flexibility index (Phi) is 10.1. The third-order valence-corrected chi connectivity index (χ3v) is 11.7. The number of carbonyl (C=O) groups is 3. The Morgan fingerprint density at radius 3 is 2.29 bits per heavy atom. The number of amides is 3. The number of benzene rings is 1. The summed E-state index contributed by atoms with van der Waals surface area (Å²) in [6, 6.07) is 13.1. The fraction of sp³-hybridized carbons (Fsp3) is 0.475. The van der Waals surface area contributed by atoms with E-state index in [9.17, 15) is 19.2 Å². The monoisotopic (exact) mass is 747 g/mol. The summed E-state index contributed by atoms with van der Waals surface area (Å²) in [7, 11) is 5.43. The second-order valence-electron chi connectivity index (χ2n) is 15.4. The molecule has 2 saturated carbocycles. The summed E-state index contributed by atoms with van der Waals surface area (Å²) in [5, 5.41) is 6.36. The maximum atomic E-state index is 13.0. The van der Waals surface area contributed by atoms with Gasteiger partial charge < -0.3 is 24.7 Å². The Morgan fingerprint density at radius 2 is 1.64 bits per heavy atom. The number of aromatic amines is 1. The van der Waals surface area contributed by atoms with E-state index >= 15 is 0 Å². The van der Waals surface area contributed by atoms with E-state index in [4.69, 9.17) is 9.97 Å². The number of para-hydroxylation sites is 1. The Hall–Kier alpha value is -5.57. The van der Waals surface area contributed by atoms with Crippen LogP contribution in [0.3, 0.4) is 0 Å². The van der Waals surface area contributed by atoms with E-state index < -0.39 is 0 Å². The summed E-state index contributed by atoms with van der Waals surface area (Å²) in [6.07, 6.45) is 12.1. The molecule has 55 heavy (non-hydrogen) atoms. The molecule has 2 aliphatic carbocycles. The molecule has 15 nitrogen and oxygen atoms in total. The number of anilines is 3. The Morgan fingerprint density at radius 1 is 0.891 bits per heavy atom. The van der Waals surface area contributed by atoms with Crippen LogP contribution >= 0.6 is 0 Å². The lowest BCUT2D eigenvalue weighted by atomic mass is 9.74.